The Balaban J connectivity index is 1.47. The number of ketones is 1. The van der Waals surface area contributed by atoms with Crippen LogP contribution in [-0.4, -0.2) is 47.0 Å². The lowest BCUT2D eigenvalue weighted by Gasteiger charge is -2.18. The lowest BCUT2D eigenvalue weighted by atomic mass is 10.1. The van der Waals surface area contributed by atoms with Gasteiger partial charge in [0.1, 0.15) is 5.76 Å². The lowest BCUT2D eigenvalue weighted by molar-refractivity contribution is 0.102. The maximum Gasteiger partial charge on any atom is 0.234 e. The molecule has 3 heterocycles. The van der Waals surface area contributed by atoms with Gasteiger partial charge in [0.05, 0.1) is 29.0 Å². The summed E-state index contributed by atoms with van der Waals surface area (Å²) in [6.07, 6.45) is 2.22. The zero-order valence-electron chi connectivity index (χ0n) is 17.0. The minimum atomic E-state index is -3.30. The van der Waals surface area contributed by atoms with Gasteiger partial charge in [0, 0.05) is 19.2 Å². The molecule has 0 atom stereocenters. The van der Waals surface area contributed by atoms with Gasteiger partial charge in [0.2, 0.25) is 10.0 Å². The third-order valence-electron chi connectivity index (χ3n) is 5.22. The summed E-state index contributed by atoms with van der Waals surface area (Å²) in [7, 11) is -1.44. The molecule has 0 radical (unpaired) electrons. The van der Waals surface area contributed by atoms with Gasteiger partial charge in [-0.05, 0) is 50.1 Å². The van der Waals surface area contributed by atoms with E-state index in [1.165, 1.54) is 16.1 Å². The molecule has 0 saturated heterocycles. The Labute approximate surface area is 179 Å². The van der Waals surface area contributed by atoms with Crippen molar-refractivity contribution in [1.82, 2.24) is 14.8 Å². The molecular formula is C20H22N4O4S2. The van der Waals surface area contributed by atoms with E-state index in [0.717, 1.165) is 16.9 Å². The number of Topliss-reactive ketones (excluding diaryl/α,β-unsaturated/α-hetero) is 1. The van der Waals surface area contributed by atoms with Gasteiger partial charge in [-0.3, -0.25) is 9.10 Å². The van der Waals surface area contributed by atoms with Crippen molar-refractivity contribution in [3.8, 4) is 11.4 Å². The number of anilines is 1. The molecule has 0 spiro atoms. The van der Waals surface area contributed by atoms with Crippen molar-refractivity contribution in [3.63, 3.8) is 0 Å². The highest BCUT2D eigenvalue weighted by Crippen LogP contribution is 2.32. The van der Waals surface area contributed by atoms with Gasteiger partial charge in [-0.15, -0.1) is 10.2 Å². The van der Waals surface area contributed by atoms with Crippen LogP contribution in [0.1, 0.15) is 28.6 Å². The number of hydrogen-bond donors (Lipinski definition) is 0. The lowest BCUT2D eigenvalue weighted by Crippen LogP contribution is -2.30. The highest BCUT2D eigenvalue weighted by atomic mass is 32.2. The minimum Gasteiger partial charge on any atom is -0.469 e. The molecule has 0 unspecified atom stereocenters. The van der Waals surface area contributed by atoms with Gasteiger partial charge in [0.15, 0.2) is 16.8 Å². The monoisotopic (exact) mass is 446 g/mol. The van der Waals surface area contributed by atoms with E-state index >= 15 is 0 Å². The first-order valence-corrected chi connectivity index (χ1v) is 12.1. The van der Waals surface area contributed by atoms with Crippen LogP contribution >= 0.6 is 11.8 Å². The SMILES string of the molecule is CCS(=O)(=O)N1CCc2cc(C(=O)CSc3nnc(-c4ccoc4C)n3C)ccc21. The third kappa shape index (κ3) is 3.65. The number of benzene rings is 1. The summed E-state index contributed by atoms with van der Waals surface area (Å²) in [4.78, 5) is 12.7. The average molecular weight is 447 g/mol. The molecule has 1 aliphatic heterocycles. The molecule has 1 aromatic carbocycles. The Morgan fingerprint density at radius 1 is 1.27 bits per heavy atom. The molecule has 10 heteroatoms. The second-order valence-corrected chi connectivity index (χ2v) is 10.2. The van der Waals surface area contributed by atoms with E-state index < -0.39 is 10.0 Å². The van der Waals surface area contributed by atoms with Crippen LogP contribution in [-0.2, 0) is 23.5 Å². The van der Waals surface area contributed by atoms with Crippen LogP contribution in [0, 0.1) is 6.92 Å². The first-order valence-electron chi connectivity index (χ1n) is 9.55. The van der Waals surface area contributed by atoms with E-state index in [-0.39, 0.29) is 17.3 Å². The summed E-state index contributed by atoms with van der Waals surface area (Å²) in [6, 6.07) is 7.07. The highest BCUT2D eigenvalue weighted by molar-refractivity contribution is 7.99. The van der Waals surface area contributed by atoms with E-state index in [1.54, 1.807) is 31.4 Å². The highest BCUT2D eigenvalue weighted by Gasteiger charge is 2.28. The van der Waals surface area contributed by atoms with Crippen molar-refractivity contribution in [3.05, 3.63) is 47.4 Å². The predicted octanol–water partition coefficient (Wildman–Crippen LogP) is 3.07. The molecule has 0 fully saturated rings. The Hall–Kier alpha value is -2.59. The van der Waals surface area contributed by atoms with Crippen molar-refractivity contribution >= 4 is 33.3 Å². The molecule has 0 saturated carbocycles. The number of furan rings is 1. The number of fused-ring (bicyclic) bond motifs is 1. The molecule has 8 nitrogen and oxygen atoms in total. The summed E-state index contributed by atoms with van der Waals surface area (Å²) in [6.45, 7) is 3.92. The molecule has 30 heavy (non-hydrogen) atoms. The molecule has 2 aromatic heterocycles. The van der Waals surface area contributed by atoms with Crippen LogP contribution in [0.25, 0.3) is 11.4 Å². The predicted molar refractivity (Wildman–Crippen MR) is 115 cm³/mol. The number of nitrogens with zero attached hydrogens (tertiary/aromatic N) is 4. The zero-order valence-corrected chi connectivity index (χ0v) is 18.6. The maximum absolute atomic E-state index is 12.7. The summed E-state index contributed by atoms with van der Waals surface area (Å²) in [5, 5.41) is 9.05. The van der Waals surface area contributed by atoms with Crippen molar-refractivity contribution in [1.29, 1.82) is 0 Å². The molecular weight excluding hydrogens is 424 g/mol. The number of carbonyl (C=O) groups excluding carboxylic acids is 1. The fraction of sp³-hybridized carbons (Fsp3) is 0.350. The number of sulfonamides is 1. The molecule has 4 rings (SSSR count). The molecule has 0 bridgehead atoms. The first kappa shape index (κ1) is 20.7. The molecule has 0 aliphatic carbocycles. The second-order valence-electron chi connectivity index (χ2n) is 7.03. The minimum absolute atomic E-state index is 0.0383. The van der Waals surface area contributed by atoms with Gasteiger partial charge in [0.25, 0.3) is 0 Å². The zero-order chi connectivity index (χ0) is 21.5. The summed E-state index contributed by atoms with van der Waals surface area (Å²) >= 11 is 1.32. The van der Waals surface area contributed by atoms with Gasteiger partial charge >= 0.3 is 0 Å². The van der Waals surface area contributed by atoms with Crippen LogP contribution in [0.4, 0.5) is 5.69 Å². The summed E-state index contributed by atoms with van der Waals surface area (Å²) < 4.78 is 33.0. The topological polar surface area (TPSA) is 98.3 Å². The smallest absolute Gasteiger partial charge is 0.234 e. The van der Waals surface area contributed by atoms with Gasteiger partial charge < -0.3 is 8.98 Å². The summed E-state index contributed by atoms with van der Waals surface area (Å²) in [5.41, 5.74) is 3.01. The van der Waals surface area contributed by atoms with Crippen LogP contribution < -0.4 is 4.31 Å². The van der Waals surface area contributed by atoms with Gasteiger partial charge in [-0.1, -0.05) is 11.8 Å². The van der Waals surface area contributed by atoms with E-state index in [2.05, 4.69) is 10.2 Å². The largest absolute Gasteiger partial charge is 0.469 e. The number of aromatic nitrogens is 3. The van der Waals surface area contributed by atoms with Crippen LogP contribution in [0.5, 0.6) is 0 Å². The molecule has 0 N–H and O–H groups in total. The maximum atomic E-state index is 12.7. The standard InChI is InChI=1S/C20H22N4O4S2/c1-4-30(26,27)24-9-7-14-11-15(5-6-17(14)24)18(25)12-29-20-22-21-19(23(20)3)16-8-10-28-13(16)2/h5-6,8,10-11H,4,7,9,12H2,1-3H3. The molecule has 3 aromatic rings. The van der Waals surface area contributed by atoms with E-state index in [9.17, 15) is 13.2 Å². The van der Waals surface area contributed by atoms with Crippen molar-refractivity contribution in [2.24, 2.45) is 7.05 Å². The van der Waals surface area contributed by atoms with E-state index in [0.29, 0.717) is 35.2 Å². The Kier molecular flexibility index (Phi) is 5.46. The number of hydrogen-bond acceptors (Lipinski definition) is 7. The fourth-order valence-corrected chi connectivity index (χ4v) is 5.46. The van der Waals surface area contributed by atoms with Crippen LogP contribution in [0.15, 0.2) is 40.1 Å². The van der Waals surface area contributed by atoms with Crippen LogP contribution in [0.2, 0.25) is 0 Å². The number of rotatable bonds is 7. The van der Waals surface area contributed by atoms with Crippen molar-refractivity contribution in [2.45, 2.75) is 25.4 Å². The quantitative estimate of drug-likeness (QED) is 0.406. The fourth-order valence-electron chi connectivity index (χ4n) is 3.50. The van der Waals surface area contributed by atoms with Gasteiger partial charge in [-0.2, -0.15) is 0 Å². The second kappa shape index (κ2) is 7.92. The average Bonchev–Trinajstić information content (AvgIpc) is 3.44. The van der Waals surface area contributed by atoms with Gasteiger partial charge in [-0.25, -0.2) is 8.42 Å². The van der Waals surface area contributed by atoms with Crippen molar-refractivity contribution in [2.75, 3.05) is 22.4 Å². The number of thioether (sulfide) groups is 1. The molecule has 0 amide bonds. The van der Waals surface area contributed by atoms with E-state index in [4.69, 9.17) is 4.42 Å². The third-order valence-corrected chi connectivity index (χ3v) is 8.02. The van der Waals surface area contributed by atoms with Crippen molar-refractivity contribution < 1.29 is 17.6 Å². The Morgan fingerprint density at radius 2 is 2.07 bits per heavy atom. The number of aryl methyl sites for hydroxylation is 1. The first-order chi connectivity index (χ1) is 14.3. The van der Waals surface area contributed by atoms with Crippen LogP contribution in [0.3, 0.4) is 0 Å². The number of carbonyl (C=O) groups is 1. The molecule has 1 aliphatic rings. The normalized spacial score (nSPS) is 13.6. The van der Waals surface area contributed by atoms with E-state index in [1.807, 2.05) is 24.6 Å². The Bertz CT molecular complexity index is 1210. The summed E-state index contributed by atoms with van der Waals surface area (Å²) in [5.74, 6) is 1.68. The molecule has 158 valence electrons. The Morgan fingerprint density at radius 3 is 2.77 bits per heavy atom.